The molecule has 4 atom stereocenters. The second-order valence-corrected chi connectivity index (χ2v) is 6.55. The van der Waals surface area contributed by atoms with E-state index in [2.05, 4.69) is 10.8 Å². The number of halogens is 1. The Labute approximate surface area is 136 Å². The van der Waals surface area contributed by atoms with Gasteiger partial charge in [0.1, 0.15) is 0 Å². The highest BCUT2D eigenvalue weighted by atomic mass is 35.5. The maximum atomic E-state index is 12.4. The molecule has 1 aromatic carbocycles. The predicted molar refractivity (Wildman–Crippen MR) is 86.7 cm³/mol. The van der Waals surface area contributed by atoms with Crippen molar-refractivity contribution in [1.82, 2.24) is 4.90 Å². The molecule has 22 heavy (non-hydrogen) atoms. The van der Waals surface area contributed by atoms with Crippen LogP contribution in [0.2, 0.25) is 5.02 Å². The van der Waals surface area contributed by atoms with Gasteiger partial charge in [-0.1, -0.05) is 29.7 Å². The molecule has 2 heterocycles. The Hall–Kier alpha value is -1.50. The van der Waals surface area contributed by atoms with E-state index in [0.717, 1.165) is 24.8 Å². The van der Waals surface area contributed by atoms with Crippen LogP contribution in [0.5, 0.6) is 0 Å². The van der Waals surface area contributed by atoms with Crippen molar-refractivity contribution in [2.45, 2.75) is 37.3 Å². The maximum absolute atomic E-state index is 12.4. The molecule has 3 nitrogen and oxygen atoms in total. The van der Waals surface area contributed by atoms with Gasteiger partial charge in [-0.2, -0.15) is 0 Å². The Morgan fingerprint density at radius 1 is 1.41 bits per heavy atom. The van der Waals surface area contributed by atoms with E-state index in [1.165, 1.54) is 7.11 Å². The predicted octanol–water partition coefficient (Wildman–Crippen LogP) is 3.08. The van der Waals surface area contributed by atoms with E-state index in [4.69, 9.17) is 22.8 Å². The van der Waals surface area contributed by atoms with Crippen LogP contribution in [0, 0.1) is 18.3 Å². The number of rotatable bonds is 3. The number of terminal acetylenes is 1. The molecule has 0 radical (unpaired) electrons. The van der Waals surface area contributed by atoms with Crippen LogP contribution in [0.15, 0.2) is 24.3 Å². The van der Waals surface area contributed by atoms with E-state index < -0.39 is 0 Å². The van der Waals surface area contributed by atoms with Gasteiger partial charge >= 0.3 is 5.97 Å². The zero-order valence-electron chi connectivity index (χ0n) is 12.7. The third kappa shape index (κ3) is 2.62. The highest BCUT2D eigenvalue weighted by molar-refractivity contribution is 6.30. The summed E-state index contributed by atoms with van der Waals surface area (Å²) in [5.74, 6) is 2.62. The lowest BCUT2D eigenvalue weighted by atomic mass is 9.76. The molecule has 3 rings (SSSR count). The van der Waals surface area contributed by atoms with Crippen LogP contribution >= 0.6 is 11.6 Å². The second kappa shape index (κ2) is 6.32. The molecule has 2 bridgehead atoms. The van der Waals surface area contributed by atoms with E-state index >= 15 is 0 Å². The van der Waals surface area contributed by atoms with Crippen LogP contribution in [0.25, 0.3) is 0 Å². The van der Waals surface area contributed by atoms with E-state index in [1.807, 2.05) is 24.3 Å². The zero-order chi connectivity index (χ0) is 15.7. The van der Waals surface area contributed by atoms with E-state index in [0.29, 0.717) is 17.6 Å². The average molecular weight is 318 g/mol. The Kier molecular flexibility index (Phi) is 4.42. The number of carbonyl (C=O) groups is 1. The van der Waals surface area contributed by atoms with Crippen LogP contribution in [0.3, 0.4) is 0 Å². The fourth-order valence-electron chi connectivity index (χ4n) is 4.18. The third-order valence-electron chi connectivity index (χ3n) is 5.11. The molecule has 4 heteroatoms. The van der Waals surface area contributed by atoms with Gasteiger partial charge in [0.05, 0.1) is 19.6 Å². The van der Waals surface area contributed by atoms with Gasteiger partial charge in [-0.15, -0.1) is 6.42 Å². The van der Waals surface area contributed by atoms with Gasteiger partial charge in [-0.25, -0.2) is 0 Å². The number of ether oxygens (including phenoxy) is 1. The molecule has 2 fully saturated rings. The first-order chi connectivity index (χ1) is 10.7. The molecule has 2 saturated heterocycles. The Morgan fingerprint density at radius 2 is 2.14 bits per heavy atom. The fraction of sp³-hybridized carbons (Fsp3) is 0.500. The van der Waals surface area contributed by atoms with Crippen LogP contribution in [-0.2, 0) is 9.53 Å². The number of fused-ring (bicyclic) bond motifs is 2. The highest BCUT2D eigenvalue weighted by Crippen LogP contribution is 2.47. The van der Waals surface area contributed by atoms with E-state index in [1.54, 1.807) is 0 Å². The normalized spacial score (nSPS) is 30.8. The lowest BCUT2D eigenvalue weighted by Gasteiger charge is -2.42. The molecule has 2 aliphatic rings. The van der Waals surface area contributed by atoms with Gasteiger partial charge in [-0.05, 0) is 37.0 Å². The van der Waals surface area contributed by atoms with Crippen molar-refractivity contribution in [3.63, 3.8) is 0 Å². The first-order valence-electron chi connectivity index (χ1n) is 7.68. The molecule has 0 unspecified atom stereocenters. The molecular formula is C18H20ClNO2. The standard InChI is InChI=1S/C18H20ClNO2/c1-3-10-20-14-8-9-16(20)17(18(21)22-2)15(11-14)12-4-6-13(19)7-5-12/h1,4-7,14-17H,8-11H2,2H3/t14-,15+,16+,17-/m0/s1. The largest absolute Gasteiger partial charge is 0.469 e. The summed E-state index contributed by atoms with van der Waals surface area (Å²) in [6.07, 6.45) is 8.56. The van der Waals surface area contributed by atoms with Gasteiger partial charge in [0.2, 0.25) is 0 Å². The SMILES string of the molecule is C#CCN1[C@H]2CC[C@@H]1[C@@H](C(=O)OC)[C@@H](c1ccc(Cl)cc1)C2. The van der Waals surface area contributed by atoms with Crippen LogP contribution in [0.1, 0.15) is 30.7 Å². The quantitative estimate of drug-likeness (QED) is 0.634. The molecule has 0 spiro atoms. The van der Waals surface area contributed by atoms with Crippen LogP contribution < -0.4 is 0 Å². The summed E-state index contributed by atoms with van der Waals surface area (Å²) in [7, 11) is 1.47. The number of methoxy groups -OCH3 is 1. The second-order valence-electron chi connectivity index (χ2n) is 6.12. The Morgan fingerprint density at radius 3 is 2.77 bits per heavy atom. The lowest BCUT2D eigenvalue weighted by molar-refractivity contribution is -0.150. The monoisotopic (exact) mass is 317 g/mol. The summed E-state index contributed by atoms with van der Waals surface area (Å²) >= 11 is 5.99. The number of carbonyl (C=O) groups excluding carboxylic acids is 1. The van der Waals surface area contributed by atoms with Crippen molar-refractivity contribution in [2.24, 2.45) is 5.92 Å². The molecule has 0 amide bonds. The smallest absolute Gasteiger partial charge is 0.310 e. The molecule has 116 valence electrons. The first kappa shape index (κ1) is 15.4. The van der Waals surface area contributed by atoms with Crippen molar-refractivity contribution >= 4 is 17.6 Å². The number of hydrogen-bond donors (Lipinski definition) is 0. The van der Waals surface area contributed by atoms with Crippen LogP contribution in [0.4, 0.5) is 0 Å². The maximum Gasteiger partial charge on any atom is 0.310 e. The minimum absolute atomic E-state index is 0.132. The van der Waals surface area contributed by atoms with Crippen molar-refractivity contribution in [3.05, 3.63) is 34.9 Å². The van der Waals surface area contributed by atoms with Crippen molar-refractivity contribution < 1.29 is 9.53 Å². The van der Waals surface area contributed by atoms with Gasteiger partial charge in [0, 0.05) is 23.0 Å². The molecule has 0 N–H and O–H groups in total. The van der Waals surface area contributed by atoms with Gasteiger partial charge in [-0.3, -0.25) is 9.69 Å². The highest BCUT2D eigenvalue weighted by Gasteiger charge is 2.50. The molecule has 0 aromatic heterocycles. The van der Waals surface area contributed by atoms with Crippen LogP contribution in [-0.4, -0.2) is 36.6 Å². The summed E-state index contributed by atoms with van der Waals surface area (Å²) in [5.41, 5.74) is 1.16. The molecule has 0 saturated carbocycles. The zero-order valence-corrected chi connectivity index (χ0v) is 13.4. The fourth-order valence-corrected chi connectivity index (χ4v) is 4.30. The van der Waals surface area contributed by atoms with Crippen molar-refractivity contribution in [3.8, 4) is 12.3 Å². The van der Waals surface area contributed by atoms with Gasteiger partial charge in [0.25, 0.3) is 0 Å². The topological polar surface area (TPSA) is 29.5 Å². The summed E-state index contributed by atoms with van der Waals surface area (Å²) in [4.78, 5) is 14.7. The Bertz CT molecular complexity index is 592. The number of nitrogens with zero attached hydrogens (tertiary/aromatic N) is 1. The number of piperidine rings is 1. The number of benzene rings is 1. The van der Waals surface area contributed by atoms with Crippen molar-refractivity contribution in [1.29, 1.82) is 0 Å². The van der Waals surface area contributed by atoms with Gasteiger partial charge in [0.15, 0.2) is 0 Å². The summed E-state index contributed by atoms with van der Waals surface area (Å²) in [6, 6.07) is 8.48. The summed E-state index contributed by atoms with van der Waals surface area (Å²) in [5, 5.41) is 0.714. The Balaban J connectivity index is 1.94. The number of esters is 1. The minimum atomic E-state index is -0.154. The third-order valence-corrected chi connectivity index (χ3v) is 5.36. The number of hydrogen-bond acceptors (Lipinski definition) is 3. The van der Waals surface area contributed by atoms with E-state index in [-0.39, 0.29) is 23.8 Å². The van der Waals surface area contributed by atoms with Gasteiger partial charge < -0.3 is 4.74 Å². The lowest BCUT2D eigenvalue weighted by Crippen LogP contribution is -2.51. The molecule has 0 aliphatic carbocycles. The minimum Gasteiger partial charge on any atom is -0.469 e. The summed E-state index contributed by atoms with van der Waals surface area (Å²) < 4.78 is 5.10. The summed E-state index contributed by atoms with van der Waals surface area (Å²) in [6.45, 7) is 0.607. The average Bonchev–Trinajstić information content (AvgIpc) is 2.80. The van der Waals surface area contributed by atoms with Crippen molar-refractivity contribution in [2.75, 3.05) is 13.7 Å². The molecule has 2 aliphatic heterocycles. The first-order valence-corrected chi connectivity index (χ1v) is 8.06. The van der Waals surface area contributed by atoms with E-state index in [9.17, 15) is 4.79 Å². The molecular weight excluding hydrogens is 298 g/mol. The molecule has 1 aromatic rings.